The van der Waals surface area contributed by atoms with Gasteiger partial charge in [-0.1, -0.05) is 6.92 Å². The van der Waals surface area contributed by atoms with Gasteiger partial charge >= 0.3 is 0 Å². The van der Waals surface area contributed by atoms with Gasteiger partial charge in [0.25, 0.3) is 0 Å². The van der Waals surface area contributed by atoms with E-state index >= 15 is 0 Å². The molecule has 3 N–H and O–H groups in total. The number of rotatable bonds is 7. The van der Waals surface area contributed by atoms with Crippen molar-refractivity contribution < 1.29 is 9.15 Å². The lowest BCUT2D eigenvalue weighted by Crippen LogP contribution is -2.05. The van der Waals surface area contributed by atoms with Gasteiger partial charge in [0.1, 0.15) is 11.5 Å². The molecule has 0 aliphatic carbocycles. The number of anilines is 2. The van der Waals surface area contributed by atoms with Crippen LogP contribution in [0.15, 0.2) is 41.0 Å². The van der Waals surface area contributed by atoms with Crippen LogP contribution >= 0.6 is 0 Å². The maximum Gasteiger partial charge on any atom is 0.123 e. The van der Waals surface area contributed by atoms with Crippen LogP contribution in [-0.2, 0) is 6.42 Å². The summed E-state index contributed by atoms with van der Waals surface area (Å²) in [4.78, 5) is 0. The fraction of sp³-hybridized carbons (Fsp3) is 0.333. The van der Waals surface area contributed by atoms with Crippen LogP contribution in [0.1, 0.15) is 19.1 Å². The van der Waals surface area contributed by atoms with Gasteiger partial charge in [0, 0.05) is 36.5 Å². The van der Waals surface area contributed by atoms with Crippen molar-refractivity contribution in [3.8, 4) is 5.75 Å². The van der Waals surface area contributed by atoms with E-state index in [-0.39, 0.29) is 0 Å². The molecule has 1 aromatic carbocycles. The summed E-state index contributed by atoms with van der Waals surface area (Å²) in [5.41, 5.74) is 7.53. The van der Waals surface area contributed by atoms with E-state index in [9.17, 15) is 0 Å². The molecule has 4 heteroatoms. The van der Waals surface area contributed by atoms with Crippen molar-refractivity contribution in [3.05, 3.63) is 42.4 Å². The van der Waals surface area contributed by atoms with Gasteiger partial charge in [0.15, 0.2) is 0 Å². The summed E-state index contributed by atoms with van der Waals surface area (Å²) in [6, 6.07) is 9.58. The molecule has 1 heterocycles. The number of nitrogens with two attached hydrogens (primary N) is 1. The highest BCUT2D eigenvalue weighted by Gasteiger charge is 2.01. The molecule has 102 valence electrons. The highest BCUT2D eigenvalue weighted by atomic mass is 16.5. The molecule has 0 spiro atoms. The summed E-state index contributed by atoms with van der Waals surface area (Å²) in [6.07, 6.45) is 3.51. The first kappa shape index (κ1) is 13.3. The normalized spacial score (nSPS) is 10.4. The van der Waals surface area contributed by atoms with Gasteiger partial charge in [-0.15, -0.1) is 0 Å². The van der Waals surface area contributed by atoms with Gasteiger partial charge in [-0.25, -0.2) is 0 Å². The zero-order chi connectivity index (χ0) is 13.5. The number of furan rings is 1. The second-order valence-electron chi connectivity index (χ2n) is 4.40. The molecule has 0 amide bonds. The third kappa shape index (κ3) is 4.25. The smallest absolute Gasteiger partial charge is 0.123 e. The molecule has 1 aromatic heterocycles. The first-order chi connectivity index (χ1) is 9.28. The minimum absolute atomic E-state index is 0.703. The SMILES string of the molecule is CCCOc1cc(N)cc(NCCc2ccco2)c1. The first-order valence-corrected chi connectivity index (χ1v) is 6.57. The highest BCUT2D eigenvalue weighted by molar-refractivity contribution is 5.59. The Bertz CT molecular complexity index is 495. The number of hydrogen-bond acceptors (Lipinski definition) is 4. The van der Waals surface area contributed by atoms with Gasteiger partial charge in [-0.3, -0.25) is 0 Å². The molecular formula is C15H20N2O2. The van der Waals surface area contributed by atoms with Crippen LogP contribution in [-0.4, -0.2) is 13.2 Å². The molecule has 0 bridgehead atoms. The summed E-state index contributed by atoms with van der Waals surface area (Å²) in [6.45, 7) is 3.58. The van der Waals surface area contributed by atoms with Crippen LogP contribution in [0, 0.1) is 0 Å². The largest absolute Gasteiger partial charge is 0.493 e. The number of benzene rings is 1. The lowest BCUT2D eigenvalue weighted by molar-refractivity contribution is 0.318. The minimum atomic E-state index is 0.703. The topological polar surface area (TPSA) is 60.4 Å². The maximum absolute atomic E-state index is 5.86. The molecule has 19 heavy (non-hydrogen) atoms. The number of nitrogen functional groups attached to an aromatic ring is 1. The quantitative estimate of drug-likeness (QED) is 0.750. The van der Waals surface area contributed by atoms with Crippen LogP contribution in [0.25, 0.3) is 0 Å². The van der Waals surface area contributed by atoms with Gasteiger partial charge < -0.3 is 20.2 Å². The molecule has 0 saturated heterocycles. The Hall–Kier alpha value is -2.10. The molecule has 0 saturated carbocycles. The fourth-order valence-corrected chi connectivity index (χ4v) is 1.81. The van der Waals surface area contributed by atoms with E-state index in [4.69, 9.17) is 14.9 Å². The van der Waals surface area contributed by atoms with Crippen LogP contribution in [0.5, 0.6) is 5.75 Å². The van der Waals surface area contributed by atoms with Crippen molar-refractivity contribution >= 4 is 11.4 Å². The van der Waals surface area contributed by atoms with Crippen LogP contribution in [0.3, 0.4) is 0 Å². The van der Waals surface area contributed by atoms with Crippen molar-refractivity contribution in [1.82, 2.24) is 0 Å². The molecule has 2 rings (SSSR count). The van der Waals surface area contributed by atoms with Gasteiger partial charge in [-0.2, -0.15) is 0 Å². The summed E-state index contributed by atoms with van der Waals surface area (Å²) >= 11 is 0. The monoisotopic (exact) mass is 260 g/mol. The first-order valence-electron chi connectivity index (χ1n) is 6.57. The predicted molar refractivity (Wildman–Crippen MR) is 77.5 cm³/mol. The maximum atomic E-state index is 5.86. The van der Waals surface area contributed by atoms with Crippen molar-refractivity contribution in [1.29, 1.82) is 0 Å². The Kier molecular flexibility index (Phi) is 4.72. The molecule has 4 nitrogen and oxygen atoms in total. The summed E-state index contributed by atoms with van der Waals surface area (Å²) < 4.78 is 10.9. The molecular weight excluding hydrogens is 240 g/mol. The number of nitrogens with one attached hydrogen (secondary N) is 1. The van der Waals surface area contributed by atoms with E-state index in [0.717, 1.165) is 36.6 Å². The Morgan fingerprint density at radius 2 is 2.21 bits per heavy atom. The predicted octanol–water partition coefficient (Wildman–Crippen LogP) is 3.31. The standard InChI is InChI=1S/C15H20N2O2/c1-2-7-18-15-10-12(16)9-13(11-15)17-6-5-14-4-3-8-19-14/h3-4,8-11,17H,2,5-7,16H2,1H3. The second kappa shape index (κ2) is 6.73. The van der Waals surface area contributed by atoms with Gasteiger partial charge in [-0.05, 0) is 24.6 Å². The Morgan fingerprint density at radius 3 is 2.95 bits per heavy atom. The molecule has 0 radical (unpaired) electrons. The third-order valence-corrected chi connectivity index (χ3v) is 2.68. The fourth-order valence-electron chi connectivity index (χ4n) is 1.81. The van der Waals surface area contributed by atoms with Gasteiger partial charge in [0.05, 0.1) is 12.9 Å². The number of hydrogen-bond donors (Lipinski definition) is 2. The molecule has 0 aliphatic heterocycles. The lowest BCUT2D eigenvalue weighted by atomic mass is 10.2. The zero-order valence-corrected chi connectivity index (χ0v) is 11.2. The lowest BCUT2D eigenvalue weighted by Gasteiger charge is -2.10. The van der Waals surface area contributed by atoms with Crippen LogP contribution in [0.2, 0.25) is 0 Å². The molecule has 0 atom stereocenters. The molecule has 2 aromatic rings. The third-order valence-electron chi connectivity index (χ3n) is 2.68. The average Bonchev–Trinajstić information content (AvgIpc) is 2.89. The van der Waals surface area contributed by atoms with E-state index in [1.54, 1.807) is 6.26 Å². The van der Waals surface area contributed by atoms with Crippen molar-refractivity contribution in [2.75, 3.05) is 24.2 Å². The summed E-state index contributed by atoms with van der Waals surface area (Å²) in [5, 5.41) is 3.32. The van der Waals surface area contributed by atoms with Crippen LogP contribution in [0.4, 0.5) is 11.4 Å². The Balaban J connectivity index is 1.90. The van der Waals surface area contributed by atoms with E-state index < -0.39 is 0 Å². The van der Waals surface area contributed by atoms with Gasteiger partial charge in [0.2, 0.25) is 0 Å². The van der Waals surface area contributed by atoms with Crippen molar-refractivity contribution in [2.45, 2.75) is 19.8 Å². The van der Waals surface area contributed by atoms with Crippen molar-refractivity contribution in [3.63, 3.8) is 0 Å². The Morgan fingerprint density at radius 1 is 1.32 bits per heavy atom. The van der Waals surface area contributed by atoms with Crippen molar-refractivity contribution in [2.24, 2.45) is 0 Å². The molecule has 0 fully saturated rings. The van der Waals surface area contributed by atoms with Crippen LogP contribution < -0.4 is 15.8 Å². The van der Waals surface area contributed by atoms with E-state index in [1.165, 1.54) is 0 Å². The van der Waals surface area contributed by atoms with E-state index in [2.05, 4.69) is 12.2 Å². The average molecular weight is 260 g/mol. The number of ether oxygens (including phenoxy) is 1. The highest BCUT2D eigenvalue weighted by Crippen LogP contribution is 2.22. The van der Waals surface area contributed by atoms with E-state index in [0.29, 0.717) is 12.3 Å². The summed E-state index contributed by atoms with van der Waals surface area (Å²) in [5.74, 6) is 1.78. The minimum Gasteiger partial charge on any atom is -0.493 e. The molecule has 0 aliphatic rings. The summed E-state index contributed by atoms with van der Waals surface area (Å²) in [7, 11) is 0. The molecule has 0 unspecified atom stereocenters. The Labute approximate surface area is 113 Å². The van der Waals surface area contributed by atoms with E-state index in [1.807, 2.05) is 30.3 Å². The zero-order valence-electron chi connectivity index (χ0n) is 11.2. The second-order valence-corrected chi connectivity index (χ2v) is 4.40.